The van der Waals surface area contributed by atoms with Crippen LogP contribution in [-0.4, -0.2) is 27.7 Å². The first-order valence-electron chi connectivity index (χ1n) is 6.22. The molecule has 0 aliphatic carbocycles. The Kier molecular flexibility index (Phi) is 4.22. The molecular weight excluding hydrogens is 276 g/mol. The number of aromatic nitrogens is 1. The van der Waals surface area contributed by atoms with Gasteiger partial charge in [-0.2, -0.15) is 0 Å². The maximum absolute atomic E-state index is 11.1. The van der Waals surface area contributed by atoms with E-state index in [1.807, 2.05) is 24.3 Å². The molecule has 7 heteroatoms. The summed E-state index contributed by atoms with van der Waals surface area (Å²) in [5.41, 5.74) is 0.681. The average Bonchev–Trinajstić information content (AvgIpc) is 2.90. The summed E-state index contributed by atoms with van der Waals surface area (Å²) in [5, 5.41) is 19.8. The van der Waals surface area contributed by atoms with E-state index in [1.54, 1.807) is 7.11 Å². The fourth-order valence-corrected chi connectivity index (χ4v) is 2.00. The van der Waals surface area contributed by atoms with Crippen LogP contribution in [0.1, 0.15) is 16.1 Å². The van der Waals surface area contributed by atoms with Crippen molar-refractivity contribution in [2.45, 2.75) is 13.0 Å². The van der Waals surface area contributed by atoms with E-state index in [-0.39, 0.29) is 11.4 Å². The van der Waals surface area contributed by atoms with Crippen LogP contribution in [0.4, 0.5) is 5.69 Å². The van der Waals surface area contributed by atoms with E-state index in [2.05, 4.69) is 0 Å². The Morgan fingerprint density at radius 2 is 2.05 bits per heavy atom. The largest absolute Gasteiger partial charge is 0.497 e. The van der Waals surface area contributed by atoms with Gasteiger partial charge in [-0.15, -0.1) is 0 Å². The molecule has 0 aliphatic heterocycles. The fraction of sp³-hybridized carbons (Fsp3) is 0.214. The SMILES string of the molecule is COc1ccc(CCn2cc([N+](=O)[O-])cc2C(=O)O)cc1. The maximum atomic E-state index is 11.1. The van der Waals surface area contributed by atoms with Crippen molar-refractivity contribution in [2.24, 2.45) is 0 Å². The molecule has 0 amide bonds. The van der Waals surface area contributed by atoms with Gasteiger partial charge < -0.3 is 14.4 Å². The highest BCUT2D eigenvalue weighted by Gasteiger charge is 2.18. The quantitative estimate of drug-likeness (QED) is 0.651. The van der Waals surface area contributed by atoms with E-state index in [9.17, 15) is 14.9 Å². The van der Waals surface area contributed by atoms with Crippen LogP contribution in [0.25, 0.3) is 0 Å². The molecule has 21 heavy (non-hydrogen) atoms. The highest BCUT2D eigenvalue weighted by Crippen LogP contribution is 2.18. The zero-order valence-electron chi connectivity index (χ0n) is 11.4. The van der Waals surface area contributed by atoms with Crippen LogP contribution >= 0.6 is 0 Å². The summed E-state index contributed by atoms with van der Waals surface area (Å²) < 4.78 is 6.43. The molecule has 0 aliphatic rings. The Bertz CT molecular complexity index is 661. The lowest BCUT2D eigenvalue weighted by Gasteiger charge is -2.06. The van der Waals surface area contributed by atoms with E-state index in [1.165, 1.54) is 10.8 Å². The van der Waals surface area contributed by atoms with E-state index in [0.29, 0.717) is 13.0 Å². The van der Waals surface area contributed by atoms with Crippen molar-refractivity contribution in [1.82, 2.24) is 4.57 Å². The zero-order chi connectivity index (χ0) is 15.4. The van der Waals surface area contributed by atoms with Gasteiger partial charge >= 0.3 is 5.97 Å². The van der Waals surface area contributed by atoms with Gasteiger partial charge in [-0.05, 0) is 24.1 Å². The predicted octanol–water partition coefficient (Wildman–Crippen LogP) is 2.35. The molecule has 2 aromatic rings. The average molecular weight is 290 g/mol. The number of ether oxygens (including phenoxy) is 1. The van der Waals surface area contributed by atoms with Crippen LogP contribution in [0, 0.1) is 10.1 Å². The number of hydrogen-bond acceptors (Lipinski definition) is 4. The third-order valence-electron chi connectivity index (χ3n) is 3.11. The second kappa shape index (κ2) is 6.08. The van der Waals surface area contributed by atoms with E-state index in [0.717, 1.165) is 17.4 Å². The minimum Gasteiger partial charge on any atom is -0.497 e. The molecule has 7 nitrogen and oxygen atoms in total. The molecule has 0 fully saturated rings. The van der Waals surface area contributed by atoms with Gasteiger partial charge in [0.25, 0.3) is 5.69 Å². The molecule has 0 unspecified atom stereocenters. The fourth-order valence-electron chi connectivity index (χ4n) is 2.00. The summed E-state index contributed by atoms with van der Waals surface area (Å²) in [5.74, 6) is -0.445. The summed E-state index contributed by atoms with van der Waals surface area (Å²) in [6, 6.07) is 8.43. The number of hydrogen-bond donors (Lipinski definition) is 1. The monoisotopic (exact) mass is 290 g/mol. The van der Waals surface area contributed by atoms with Crippen LogP contribution in [0.2, 0.25) is 0 Å². The second-order valence-electron chi connectivity index (χ2n) is 4.44. The van der Waals surface area contributed by atoms with Gasteiger partial charge in [0.15, 0.2) is 0 Å². The molecule has 1 aromatic carbocycles. The number of carbonyl (C=O) groups is 1. The molecule has 0 atom stereocenters. The maximum Gasteiger partial charge on any atom is 0.352 e. The third kappa shape index (κ3) is 3.38. The summed E-state index contributed by atoms with van der Waals surface area (Å²) in [4.78, 5) is 21.2. The first-order chi connectivity index (χ1) is 10.0. The molecule has 0 saturated carbocycles. The topological polar surface area (TPSA) is 94.6 Å². The van der Waals surface area contributed by atoms with Crippen molar-refractivity contribution < 1.29 is 19.6 Å². The van der Waals surface area contributed by atoms with Gasteiger partial charge in [0.1, 0.15) is 11.4 Å². The van der Waals surface area contributed by atoms with Gasteiger partial charge in [-0.25, -0.2) is 4.79 Å². The molecule has 1 aromatic heterocycles. The molecule has 1 heterocycles. The van der Waals surface area contributed by atoms with Crippen LogP contribution in [0.3, 0.4) is 0 Å². The number of aryl methyl sites for hydroxylation is 2. The molecule has 0 radical (unpaired) electrons. The minimum atomic E-state index is -1.18. The number of aromatic carboxylic acids is 1. The van der Waals surface area contributed by atoms with Crippen molar-refractivity contribution in [1.29, 1.82) is 0 Å². The first kappa shape index (κ1) is 14.6. The van der Waals surface area contributed by atoms with Crippen molar-refractivity contribution >= 4 is 11.7 Å². The molecular formula is C14H14N2O5. The van der Waals surface area contributed by atoms with E-state index < -0.39 is 10.9 Å². The third-order valence-corrected chi connectivity index (χ3v) is 3.11. The standard InChI is InChI=1S/C14H14N2O5/c1-21-12-4-2-10(3-5-12)6-7-15-9-11(16(19)20)8-13(15)14(17)18/h2-5,8-9H,6-7H2,1H3,(H,17,18). The van der Waals surface area contributed by atoms with E-state index >= 15 is 0 Å². The highest BCUT2D eigenvalue weighted by molar-refractivity contribution is 5.86. The summed E-state index contributed by atoms with van der Waals surface area (Å²) in [6.45, 7) is 0.349. The normalized spacial score (nSPS) is 10.3. The van der Waals surface area contributed by atoms with Gasteiger partial charge in [0.2, 0.25) is 0 Å². The van der Waals surface area contributed by atoms with Crippen LogP contribution in [-0.2, 0) is 13.0 Å². The molecule has 110 valence electrons. The Morgan fingerprint density at radius 1 is 1.38 bits per heavy atom. The lowest BCUT2D eigenvalue weighted by atomic mass is 10.1. The Morgan fingerprint density at radius 3 is 2.57 bits per heavy atom. The number of carboxylic acids is 1. The van der Waals surface area contributed by atoms with E-state index in [4.69, 9.17) is 9.84 Å². The van der Waals surface area contributed by atoms with Gasteiger partial charge in [0.05, 0.1) is 18.2 Å². The van der Waals surface area contributed by atoms with Crippen molar-refractivity contribution in [3.05, 3.63) is 57.9 Å². The van der Waals surface area contributed by atoms with Crippen molar-refractivity contribution in [3.8, 4) is 5.75 Å². The number of benzene rings is 1. The Hall–Kier alpha value is -2.83. The van der Waals surface area contributed by atoms with Gasteiger partial charge in [-0.1, -0.05) is 12.1 Å². The lowest BCUT2D eigenvalue weighted by molar-refractivity contribution is -0.384. The lowest BCUT2D eigenvalue weighted by Crippen LogP contribution is -2.09. The molecule has 0 saturated heterocycles. The number of nitro groups is 1. The number of nitrogens with zero attached hydrogens (tertiary/aromatic N) is 2. The molecule has 0 spiro atoms. The second-order valence-corrected chi connectivity index (χ2v) is 4.44. The summed E-state index contributed by atoms with van der Waals surface area (Å²) in [7, 11) is 1.58. The Balaban J connectivity index is 2.14. The molecule has 1 N–H and O–H groups in total. The highest BCUT2D eigenvalue weighted by atomic mass is 16.6. The van der Waals surface area contributed by atoms with Crippen LogP contribution in [0.15, 0.2) is 36.5 Å². The molecule has 0 bridgehead atoms. The smallest absolute Gasteiger partial charge is 0.352 e. The number of methoxy groups -OCH3 is 1. The predicted molar refractivity (Wildman–Crippen MR) is 74.7 cm³/mol. The molecule has 2 rings (SSSR count). The number of rotatable bonds is 6. The van der Waals surface area contributed by atoms with Gasteiger partial charge in [-0.3, -0.25) is 10.1 Å². The number of carboxylic acid groups (broad SMARTS) is 1. The summed E-state index contributed by atoms with van der Waals surface area (Å²) >= 11 is 0. The van der Waals surface area contributed by atoms with Crippen molar-refractivity contribution in [2.75, 3.05) is 7.11 Å². The Labute approximate surface area is 120 Å². The van der Waals surface area contributed by atoms with Gasteiger partial charge in [0, 0.05) is 12.6 Å². The summed E-state index contributed by atoms with van der Waals surface area (Å²) in [6.07, 6.45) is 1.81. The first-order valence-corrected chi connectivity index (χ1v) is 6.22. The van der Waals surface area contributed by atoms with Crippen LogP contribution in [0.5, 0.6) is 5.75 Å². The zero-order valence-corrected chi connectivity index (χ0v) is 11.4. The van der Waals surface area contributed by atoms with Crippen LogP contribution < -0.4 is 4.74 Å². The van der Waals surface area contributed by atoms with Crippen molar-refractivity contribution in [3.63, 3.8) is 0 Å². The minimum absolute atomic E-state index is 0.0878.